The minimum Gasteiger partial charge on any atom is -0.479 e. The Balaban J connectivity index is 2.93. The molecule has 0 saturated carbocycles. The predicted molar refractivity (Wildman–Crippen MR) is 28.1 cm³/mol. The molecule has 1 radical (unpaired) electrons. The number of aliphatic carboxylic acids is 1. The van der Waals surface area contributed by atoms with Gasteiger partial charge < -0.3 is 9.84 Å². The third-order valence-electron chi connectivity index (χ3n) is 0.398. The van der Waals surface area contributed by atoms with E-state index >= 15 is 0 Å². The third kappa shape index (κ3) is 5.17. The van der Waals surface area contributed by atoms with E-state index in [1.54, 1.807) is 0 Å². The van der Waals surface area contributed by atoms with E-state index in [0.29, 0.717) is 0 Å². The molecule has 45 valence electrons. The van der Waals surface area contributed by atoms with Crippen molar-refractivity contribution in [2.75, 3.05) is 6.61 Å². The first-order valence-corrected chi connectivity index (χ1v) is 2.06. The predicted octanol–water partition coefficient (Wildman–Crippen LogP) is 0.435. The van der Waals surface area contributed by atoms with Crippen LogP contribution in [0.3, 0.4) is 0 Å². The maximum Gasteiger partial charge on any atom is 0.336 e. The zero-order valence-corrected chi connectivity index (χ0v) is 4.33. The fraction of sp³-hybridized carbons (Fsp3) is 0.200. The van der Waals surface area contributed by atoms with Crippen LogP contribution in [0.15, 0.2) is 12.7 Å². The summed E-state index contributed by atoms with van der Waals surface area (Å²) in [5.41, 5.74) is 0. The Morgan fingerprint density at radius 3 is 2.88 bits per heavy atom. The molecule has 0 spiro atoms. The summed E-state index contributed by atoms with van der Waals surface area (Å²) in [5.74, 6) is -1.08. The quantitative estimate of drug-likeness (QED) is 0.427. The zero-order valence-electron chi connectivity index (χ0n) is 4.33. The standard InChI is InChI=1S/C5H7O3/c1-2-3-8-4-5(6)7/h2,4H,1,3H2,(H,6,7). The van der Waals surface area contributed by atoms with Crippen LogP contribution in [-0.2, 0) is 9.53 Å². The van der Waals surface area contributed by atoms with Crippen molar-refractivity contribution >= 4 is 5.97 Å². The van der Waals surface area contributed by atoms with Gasteiger partial charge in [0.2, 0.25) is 0 Å². The van der Waals surface area contributed by atoms with Crippen molar-refractivity contribution in [1.29, 1.82) is 0 Å². The molecule has 0 aromatic rings. The molecule has 0 bridgehead atoms. The van der Waals surface area contributed by atoms with E-state index in [9.17, 15) is 4.79 Å². The molecule has 0 aliphatic heterocycles. The molecule has 0 heterocycles. The summed E-state index contributed by atoms with van der Waals surface area (Å²) in [6.45, 7) is 4.29. The van der Waals surface area contributed by atoms with Gasteiger partial charge in [-0.3, -0.25) is 0 Å². The molecule has 0 amide bonds. The summed E-state index contributed by atoms with van der Waals surface area (Å²) in [6.07, 6.45) is 1.47. The summed E-state index contributed by atoms with van der Waals surface area (Å²) >= 11 is 0. The van der Waals surface area contributed by atoms with Crippen molar-refractivity contribution in [2.45, 2.75) is 0 Å². The van der Waals surface area contributed by atoms with Gasteiger partial charge in [-0.15, -0.1) is 6.58 Å². The molecular formula is C5H7O3. The second-order valence-electron chi connectivity index (χ2n) is 1.08. The summed E-state index contributed by atoms with van der Waals surface area (Å²) < 4.78 is 4.40. The highest BCUT2D eigenvalue weighted by Crippen LogP contribution is 1.79. The molecule has 0 aromatic heterocycles. The maximum atomic E-state index is 9.66. The van der Waals surface area contributed by atoms with Crippen molar-refractivity contribution in [3.63, 3.8) is 0 Å². The monoisotopic (exact) mass is 115 g/mol. The highest BCUT2D eigenvalue weighted by atomic mass is 16.5. The summed E-state index contributed by atoms with van der Waals surface area (Å²) in [5, 5.41) is 7.93. The van der Waals surface area contributed by atoms with Gasteiger partial charge in [0.25, 0.3) is 0 Å². The molecule has 0 atom stereocenters. The minimum atomic E-state index is -1.08. The van der Waals surface area contributed by atoms with Crippen LogP contribution in [0, 0.1) is 6.61 Å². The first-order chi connectivity index (χ1) is 3.77. The molecule has 8 heavy (non-hydrogen) atoms. The Morgan fingerprint density at radius 1 is 1.88 bits per heavy atom. The van der Waals surface area contributed by atoms with Gasteiger partial charge in [-0.05, 0) is 0 Å². The van der Waals surface area contributed by atoms with Gasteiger partial charge in [0.05, 0.1) is 6.61 Å². The Labute approximate surface area is 47.6 Å². The zero-order chi connectivity index (χ0) is 6.41. The fourth-order valence-electron chi connectivity index (χ4n) is 0.187. The van der Waals surface area contributed by atoms with Crippen molar-refractivity contribution in [3.8, 4) is 0 Å². The maximum absolute atomic E-state index is 9.66. The van der Waals surface area contributed by atoms with Crippen molar-refractivity contribution in [1.82, 2.24) is 0 Å². The van der Waals surface area contributed by atoms with E-state index in [2.05, 4.69) is 11.3 Å². The molecular weight excluding hydrogens is 108 g/mol. The lowest BCUT2D eigenvalue weighted by Crippen LogP contribution is -1.99. The highest BCUT2D eigenvalue weighted by molar-refractivity contribution is 5.74. The minimum absolute atomic E-state index is 0.242. The SMILES string of the molecule is C=CCO[CH]C(=O)O. The van der Waals surface area contributed by atoms with Crippen molar-refractivity contribution < 1.29 is 14.6 Å². The van der Waals surface area contributed by atoms with Gasteiger partial charge in [0.1, 0.15) is 0 Å². The van der Waals surface area contributed by atoms with Gasteiger partial charge in [-0.1, -0.05) is 6.08 Å². The highest BCUT2D eigenvalue weighted by Gasteiger charge is 1.93. The largest absolute Gasteiger partial charge is 0.479 e. The normalized spacial score (nSPS) is 8.50. The van der Waals surface area contributed by atoms with Crippen LogP contribution >= 0.6 is 0 Å². The number of carbonyl (C=O) groups is 1. The molecule has 0 unspecified atom stereocenters. The van der Waals surface area contributed by atoms with Gasteiger partial charge in [-0.25, -0.2) is 4.79 Å². The van der Waals surface area contributed by atoms with Crippen molar-refractivity contribution in [3.05, 3.63) is 19.3 Å². The topological polar surface area (TPSA) is 46.5 Å². The van der Waals surface area contributed by atoms with E-state index < -0.39 is 5.97 Å². The lowest BCUT2D eigenvalue weighted by molar-refractivity contribution is -0.137. The lowest BCUT2D eigenvalue weighted by Gasteiger charge is -1.90. The molecule has 0 fully saturated rings. The number of rotatable bonds is 4. The van der Waals surface area contributed by atoms with Crippen LogP contribution in [0.1, 0.15) is 0 Å². The first-order valence-electron chi connectivity index (χ1n) is 2.06. The van der Waals surface area contributed by atoms with Crippen LogP contribution < -0.4 is 0 Å². The second kappa shape index (κ2) is 4.33. The molecule has 0 aliphatic carbocycles. The van der Waals surface area contributed by atoms with E-state index in [4.69, 9.17) is 5.11 Å². The second-order valence-corrected chi connectivity index (χ2v) is 1.08. The van der Waals surface area contributed by atoms with Gasteiger partial charge in [0, 0.05) is 0 Å². The van der Waals surface area contributed by atoms with Gasteiger partial charge in [0.15, 0.2) is 6.61 Å². The van der Waals surface area contributed by atoms with Gasteiger partial charge >= 0.3 is 5.97 Å². The number of carboxylic acids is 1. The molecule has 0 saturated heterocycles. The number of hydrogen-bond donors (Lipinski definition) is 1. The third-order valence-corrected chi connectivity index (χ3v) is 0.398. The Morgan fingerprint density at radius 2 is 2.50 bits per heavy atom. The van der Waals surface area contributed by atoms with E-state index in [1.807, 2.05) is 0 Å². The van der Waals surface area contributed by atoms with Crippen LogP contribution in [0.2, 0.25) is 0 Å². The molecule has 0 rings (SSSR count). The smallest absolute Gasteiger partial charge is 0.336 e. The van der Waals surface area contributed by atoms with Crippen molar-refractivity contribution in [2.24, 2.45) is 0 Å². The number of hydrogen-bond acceptors (Lipinski definition) is 2. The molecule has 3 heteroatoms. The molecule has 0 aromatic carbocycles. The van der Waals surface area contributed by atoms with Crippen LogP contribution in [0.5, 0.6) is 0 Å². The molecule has 3 nitrogen and oxygen atoms in total. The lowest BCUT2D eigenvalue weighted by atomic mass is 10.7. The number of carboxylic acid groups (broad SMARTS) is 1. The Hall–Kier alpha value is -0.830. The van der Waals surface area contributed by atoms with E-state index in [1.165, 1.54) is 6.08 Å². The fourth-order valence-corrected chi connectivity index (χ4v) is 0.187. The average Bonchev–Trinajstić information content (AvgIpc) is 1.66. The van der Waals surface area contributed by atoms with E-state index in [0.717, 1.165) is 6.61 Å². The van der Waals surface area contributed by atoms with Gasteiger partial charge in [-0.2, -0.15) is 0 Å². The molecule has 1 N–H and O–H groups in total. The number of ether oxygens (including phenoxy) is 1. The van der Waals surface area contributed by atoms with E-state index in [-0.39, 0.29) is 6.61 Å². The Bertz CT molecular complexity index is 87.7. The first kappa shape index (κ1) is 7.17. The Kier molecular flexibility index (Phi) is 3.88. The summed E-state index contributed by atoms with van der Waals surface area (Å²) in [6, 6.07) is 0. The van der Waals surface area contributed by atoms with Crippen LogP contribution in [0.25, 0.3) is 0 Å². The average molecular weight is 115 g/mol. The summed E-state index contributed by atoms with van der Waals surface area (Å²) in [7, 11) is 0. The molecule has 0 aliphatic rings. The van der Waals surface area contributed by atoms with Crippen LogP contribution in [0.4, 0.5) is 0 Å². The summed E-state index contributed by atoms with van der Waals surface area (Å²) in [4.78, 5) is 9.66. The van der Waals surface area contributed by atoms with Crippen LogP contribution in [-0.4, -0.2) is 17.7 Å².